The van der Waals surface area contributed by atoms with Crippen LogP contribution in [0.5, 0.6) is 5.75 Å². The van der Waals surface area contributed by atoms with Gasteiger partial charge in [0, 0.05) is 11.8 Å². The zero-order chi connectivity index (χ0) is 10.9. The maximum absolute atomic E-state index is 11.8. The Morgan fingerprint density at radius 1 is 1.21 bits per heavy atom. The van der Waals surface area contributed by atoms with E-state index < -0.39 is 12.1 Å². The fourth-order valence-electron chi connectivity index (χ4n) is 0.783. The first-order valence-corrected chi connectivity index (χ1v) is 4.05. The van der Waals surface area contributed by atoms with Gasteiger partial charge in [0.15, 0.2) is 5.75 Å². The van der Waals surface area contributed by atoms with Gasteiger partial charge in [-0.25, -0.2) is 0 Å². The van der Waals surface area contributed by atoms with Crippen molar-refractivity contribution in [2.24, 2.45) is 0 Å². The molecule has 0 atom stereocenters. The molecule has 7 heteroatoms. The van der Waals surface area contributed by atoms with E-state index in [1.165, 1.54) is 6.07 Å². The van der Waals surface area contributed by atoms with Crippen LogP contribution in [0.1, 0.15) is 0 Å². The van der Waals surface area contributed by atoms with Crippen molar-refractivity contribution in [3.63, 3.8) is 0 Å². The maximum atomic E-state index is 11.8. The average Bonchev–Trinajstić information content (AvgIpc) is 1.96. The van der Waals surface area contributed by atoms with Crippen LogP contribution in [0, 0.1) is 0 Å². The van der Waals surface area contributed by atoms with Crippen molar-refractivity contribution in [2.45, 2.75) is 6.36 Å². The van der Waals surface area contributed by atoms with E-state index in [-0.39, 0.29) is 15.7 Å². The number of nitrogen functional groups attached to an aromatic ring is 1. The molecule has 14 heavy (non-hydrogen) atoms. The van der Waals surface area contributed by atoms with Crippen molar-refractivity contribution in [3.05, 3.63) is 22.2 Å². The summed E-state index contributed by atoms with van der Waals surface area (Å²) >= 11 is 10.9. The Morgan fingerprint density at radius 3 is 2.29 bits per heavy atom. The van der Waals surface area contributed by atoms with Crippen LogP contribution in [0.25, 0.3) is 0 Å². The number of benzene rings is 1. The quantitative estimate of drug-likeness (QED) is 0.770. The standard InChI is InChI=1S/C7H4Cl2F3NO/c8-4-1-3(13)2-5(6(4)9)14-7(10,11)12/h1-2H,13H2. The number of hydrogen-bond acceptors (Lipinski definition) is 2. The fourth-order valence-corrected chi connectivity index (χ4v) is 1.15. The molecule has 2 nitrogen and oxygen atoms in total. The topological polar surface area (TPSA) is 35.2 Å². The summed E-state index contributed by atoms with van der Waals surface area (Å²) in [6.07, 6.45) is -4.82. The zero-order valence-corrected chi connectivity index (χ0v) is 8.04. The van der Waals surface area contributed by atoms with Gasteiger partial charge in [-0.15, -0.1) is 13.2 Å². The summed E-state index contributed by atoms with van der Waals surface area (Å²) in [5, 5.41) is -0.413. The van der Waals surface area contributed by atoms with Gasteiger partial charge in [-0.2, -0.15) is 0 Å². The summed E-state index contributed by atoms with van der Waals surface area (Å²) in [6.45, 7) is 0. The fraction of sp³-hybridized carbons (Fsp3) is 0.143. The van der Waals surface area contributed by atoms with Crippen LogP contribution in [0.4, 0.5) is 18.9 Å². The van der Waals surface area contributed by atoms with Crippen LogP contribution < -0.4 is 10.5 Å². The number of rotatable bonds is 1. The Kier molecular flexibility index (Phi) is 3.01. The van der Waals surface area contributed by atoms with Gasteiger partial charge >= 0.3 is 6.36 Å². The summed E-state index contributed by atoms with van der Waals surface area (Å²) in [5.74, 6) is -0.607. The minimum Gasteiger partial charge on any atom is -0.404 e. The first-order valence-electron chi connectivity index (χ1n) is 3.30. The molecule has 0 heterocycles. The zero-order valence-electron chi connectivity index (χ0n) is 6.53. The molecule has 0 saturated carbocycles. The molecule has 0 aliphatic rings. The number of ether oxygens (including phenoxy) is 1. The SMILES string of the molecule is Nc1cc(Cl)c(Cl)c(OC(F)(F)F)c1. The van der Waals surface area contributed by atoms with Gasteiger partial charge in [-0.3, -0.25) is 0 Å². The highest BCUT2D eigenvalue weighted by Gasteiger charge is 2.32. The average molecular weight is 246 g/mol. The van der Waals surface area contributed by atoms with E-state index in [9.17, 15) is 13.2 Å². The molecule has 0 aliphatic carbocycles. The van der Waals surface area contributed by atoms with Crippen molar-refractivity contribution in [3.8, 4) is 5.75 Å². The molecule has 0 aliphatic heterocycles. The Morgan fingerprint density at radius 2 is 1.79 bits per heavy atom. The largest absolute Gasteiger partial charge is 0.573 e. The number of alkyl halides is 3. The normalized spacial score (nSPS) is 11.5. The van der Waals surface area contributed by atoms with Crippen molar-refractivity contribution in [1.82, 2.24) is 0 Å². The van der Waals surface area contributed by atoms with Crippen molar-refractivity contribution < 1.29 is 17.9 Å². The molecule has 0 spiro atoms. The van der Waals surface area contributed by atoms with E-state index in [1.807, 2.05) is 0 Å². The highest BCUT2D eigenvalue weighted by Crippen LogP contribution is 2.37. The summed E-state index contributed by atoms with van der Waals surface area (Å²) in [5.41, 5.74) is 5.30. The molecule has 0 radical (unpaired) electrons. The Bertz CT molecular complexity index is 354. The second-order valence-electron chi connectivity index (χ2n) is 2.36. The number of hydrogen-bond donors (Lipinski definition) is 1. The monoisotopic (exact) mass is 245 g/mol. The van der Waals surface area contributed by atoms with Crippen molar-refractivity contribution in [2.75, 3.05) is 5.73 Å². The molecule has 0 saturated heterocycles. The molecule has 1 rings (SSSR count). The minimum atomic E-state index is -4.82. The maximum Gasteiger partial charge on any atom is 0.573 e. The van der Waals surface area contributed by atoms with Crippen LogP contribution in [0.15, 0.2) is 12.1 Å². The molecular weight excluding hydrogens is 242 g/mol. The summed E-state index contributed by atoms with van der Waals surface area (Å²) < 4.78 is 39.1. The lowest BCUT2D eigenvalue weighted by molar-refractivity contribution is -0.274. The molecule has 2 N–H and O–H groups in total. The Labute approximate surface area is 87.4 Å². The van der Waals surface area contributed by atoms with Crippen molar-refractivity contribution >= 4 is 28.9 Å². The Balaban J connectivity index is 3.09. The highest BCUT2D eigenvalue weighted by atomic mass is 35.5. The van der Waals surface area contributed by atoms with E-state index in [2.05, 4.69) is 4.74 Å². The van der Waals surface area contributed by atoms with Crippen LogP contribution in [0.3, 0.4) is 0 Å². The molecule has 1 aromatic rings. The third kappa shape index (κ3) is 2.85. The first kappa shape index (κ1) is 11.3. The van der Waals surface area contributed by atoms with Crippen LogP contribution in [0.2, 0.25) is 10.0 Å². The van der Waals surface area contributed by atoms with E-state index in [1.54, 1.807) is 0 Å². The predicted octanol–water partition coefficient (Wildman–Crippen LogP) is 3.47. The molecule has 0 aromatic heterocycles. The third-order valence-corrected chi connectivity index (χ3v) is 2.03. The van der Waals surface area contributed by atoms with Crippen molar-refractivity contribution in [1.29, 1.82) is 0 Å². The van der Waals surface area contributed by atoms with E-state index in [0.29, 0.717) is 0 Å². The predicted molar refractivity (Wildman–Crippen MR) is 47.6 cm³/mol. The lowest BCUT2D eigenvalue weighted by Gasteiger charge is -2.11. The lowest BCUT2D eigenvalue weighted by atomic mass is 10.3. The molecule has 0 bridgehead atoms. The second-order valence-corrected chi connectivity index (χ2v) is 3.15. The lowest BCUT2D eigenvalue weighted by Crippen LogP contribution is -2.17. The molecule has 78 valence electrons. The minimum absolute atomic E-state index is 0.0404. The molecule has 0 fully saturated rings. The van der Waals surface area contributed by atoms with Crippen LogP contribution in [-0.4, -0.2) is 6.36 Å². The molecule has 1 aromatic carbocycles. The second kappa shape index (κ2) is 3.74. The summed E-state index contributed by atoms with van der Waals surface area (Å²) in [6, 6.07) is 2.18. The van der Waals surface area contributed by atoms with E-state index >= 15 is 0 Å². The number of nitrogens with two attached hydrogens (primary N) is 1. The molecular formula is C7H4Cl2F3NO. The number of halogens is 5. The van der Waals surface area contributed by atoms with Gasteiger partial charge in [0.05, 0.1) is 5.02 Å². The molecule has 0 amide bonds. The van der Waals surface area contributed by atoms with Gasteiger partial charge in [-0.1, -0.05) is 23.2 Å². The number of anilines is 1. The summed E-state index contributed by atoms with van der Waals surface area (Å²) in [7, 11) is 0. The Hall–Kier alpha value is -0.810. The van der Waals surface area contributed by atoms with Crippen LogP contribution in [-0.2, 0) is 0 Å². The summed E-state index contributed by atoms with van der Waals surface area (Å²) in [4.78, 5) is 0. The van der Waals surface area contributed by atoms with Gasteiger partial charge in [0.1, 0.15) is 5.02 Å². The molecule has 0 unspecified atom stereocenters. The van der Waals surface area contributed by atoms with E-state index in [4.69, 9.17) is 28.9 Å². The first-order chi connectivity index (χ1) is 6.29. The van der Waals surface area contributed by atoms with Gasteiger partial charge in [0.25, 0.3) is 0 Å². The van der Waals surface area contributed by atoms with E-state index in [0.717, 1.165) is 6.07 Å². The van der Waals surface area contributed by atoms with Crippen LogP contribution >= 0.6 is 23.2 Å². The van der Waals surface area contributed by atoms with Gasteiger partial charge in [0.2, 0.25) is 0 Å². The smallest absolute Gasteiger partial charge is 0.404 e. The van der Waals surface area contributed by atoms with Gasteiger partial charge in [-0.05, 0) is 6.07 Å². The van der Waals surface area contributed by atoms with Gasteiger partial charge < -0.3 is 10.5 Å². The highest BCUT2D eigenvalue weighted by molar-refractivity contribution is 6.43. The third-order valence-electron chi connectivity index (χ3n) is 1.24.